The van der Waals surface area contributed by atoms with E-state index in [1.807, 2.05) is 6.07 Å². The van der Waals surface area contributed by atoms with Crippen LogP contribution in [0.15, 0.2) is 41.4 Å². The summed E-state index contributed by atoms with van der Waals surface area (Å²) in [7, 11) is 0. The summed E-state index contributed by atoms with van der Waals surface area (Å²) in [5, 5.41) is 14.5. The summed E-state index contributed by atoms with van der Waals surface area (Å²) < 4.78 is 0.248. The van der Waals surface area contributed by atoms with E-state index in [0.717, 1.165) is 37.5 Å². The Morgan fingerprint density at radius 3 is 2.72 bits per heavy atom. The third-order valence-electron chi connectivity index (χ3n) is 7.02. The molecule has 0 N–H and O–H groups in total. The van der Waals surface area contributed by atoms with Gasteiger partial charge in [-0.3, -0.25) is 14.3 Å². The lowest BCUT2D eigenvalue weighted by Crippen LogP contribution is -2.74. The summed E-state index contributed by atoms with van der Waals surface area (Å²) >= 11 is 1.38. The minimum atomic E-state index is -1.02. The maximum Gasteiger partial charge on any atom is 0.335 e. The highest BCUT2D eigenvalue weighted by molar-refractivity contribution is 8.03. The van der Waals surface area contributed by atoms with Crippen LogP contribution in [0.4, 0.5) is 5.69 Å². The lowest BCUT2D eigenvalue weighted by atomic mass is 9.84. The van der Waals surface area contributed by atoms with Crippen molar-refractivity contribution >= 4 is 23.2 Å². The number of benzene rings is 1. The first kappa shape index (κ1) is 19.2. The van der Waals surface area contributed by atoms with Crippen molar-refractivity contribution in [2.75, 3.05) is 49.9 Å². The topological polar surface area (TPSA) is 66.7 Å². The van der Waals surface area contributed by atoms with Crippen LogP contribution >= 0.6 is 11.8 Å². The van der Waals surface area contributed by atoms with E-state index in [1.165, 1.54) is 17.4 Å². The van der Waals surface area contributed by atoms with Gasteiger partial charge in [0, 0.05) is 56.2 Å². The molecule has 2 fully saturated rings. The van der Waals surface area contributed by atoms with E-state index in [2.05, 4.69) is 34.1 Å². The van der Waals surface area contributed by atoms with Gasteiger partial charge in [0.1, 0.15) is 0 Å². The van der Waals surface area contributed by atoms with Crippen LogP contribution in [0.3, 0.4) is 0 Å². The first-order valence-corrected chi connectivity index (χ1v) is 11.5. The number of nitroso groups, excluding NO2 is 1. The second kappa shape index (κ2) is 7.19. The number of para-hydroxylation sites is 1. The van der Waals surface area contributed by atoms with Gasteiger partial charge in [-0.05, 0) is 23.9 Å². The Morgan fingerprint density at radius 2 is 1.97 bits per heavy atom. The summed E-state index contributed by atoms with van der Waals surface area (Å²) in [6.07, 6.45) is 2.53. The van der Waals surface area contributed by atoms with Crippen molar-refractivity contribution in [1.29, 1.82) is 0 Å². The summed E-state index contributed by atoms with van der Waals surface area (Å²) in [6, 6.07) is 10.4. The highest BCUT2D eigenvalue weighted by Crippen LogP contribution is 2.51. The zero-order chi connectivity index (χ0) is 20.1. The quantitative estimate of drug-likeness (QED) is 0.427. The molecule has 8 heteroatoms. The molecule has 3 atom stereocenters. The van der Waals surface area contributed by atoms with Crippen molar-refractivity contribution in [3.8, 4) is 0 Å². The smallest absolute Gasteiger partial charge is 0.335 e. The number of carbonyl (C=O) groups excluding carboxylic acids is 1. The molecule has 1 aromatic rings. The van der Waals surface area contributed by atoms with Crippen molar-refractivity contribution in [2.24, 2.45) is 0 Å². The molecule has 2 saturated heterocycles. The van der Waals surface area contributed by atoms with Crippen molar-refractivity contribution in [1.82, 2.24) is 4.90 Å². The van der Waals surface area contributed by atoms with E-state index in [0.29, 0.717) is 36.6 Å². The molecule has 0 saturated carbocycles. The molecule has 1 spiro atoms. The third kappa shape index (κ3) is 2.96. The molecule has 7 nitrogen and oxygen atoms in total. The molecule has 2 bridgehead atoms. The van der Waals surface area contributed by atoms with Crippen LogP contribution in [0.1, 0.15) is 19.3 Å². The van der Waals surface area contributed by atoms with Gasteiger partial charge in [-0.25, -0.2) is 0 Å². The fraction of sp³-hybridized carbons (Fsp3) is 0.571. The maximum absolute atomic E-state index is 13.9. The molecule has 154 valence electrons. The number of quaternary nitrogens is 1. The number of thioether (sulfide) groups is 1. The number of hydroxylamine groups is 3. The van der Waals surface area contributed by atoms with E-state index in [1.54, 1.807) is 6.08 Å². The Bertz CT molecular complexity index is 855. The average molecular weight is 416 g/mol. The zero-order valence-electron chi connectivity index (χ0n) is 16.5. The highest BCUT2D eigenvalue weighted by Gasteiger charge is 2.68. The minimum absolute atomic E-state index is 0.0239. The Balaban J connectivity index is 1.26. The van der Waals surface area contributed by atoms with Crippen molar-refractivity contribution in [3.63, 3.8) is 0 Å². The van der Waals surface area contributed by atoms with Crippen LogP contribution < -0.4 is 4.90 Å². The monoisotopic (exact) mass is 415 g/mol. The Hall–Kier alpha value is -1.74. The van der Waals surface area contributed by atoms with Gasteiger partial charge in [-0.15, -0.1) is 0 Å². The van der Waals surface area contributed by atoms with Crippen LogP contribution in [0.25, 0.3) is 0 Å². The summed E-state index contributed by atoms with van der Waals surface area (Å²) in [6.45, 7) is 4.80. The number of nitrogens with zero attached hydrogens (tertiary/aromatic N) is 4. The van der Waals surface area contributed by atoms with E-state index in [4.69, 9.17) is 0 Å². The van der Waals surface area contributed by atoms with Gasteiger partial charge < -0.3 is 10.1 Å². The SMILES string of the molecule is O=C1CCC[N+]2([O-])C(CCN3CCN(c4ccccc4)CC3)[N+](=O)C3=CC12CS3. The maximum atomic E-state index is 13.9. The van der Waals surface area contributed by atoms with Gasteiger partial charge in [-0.2, -0.15) is 0 Å². The first-order chi connectivity index (χ1) is 14.0. The summed E-state index contributed by atoms with van der Waals surface area (Å²) in [5.74, 6) is 0.450. The molecule has 0 aliphatic carbocycles. The molecule has 1 aromatic carbocycles. The predicted octanol–water partition coefficient (Wildman–Crippen LogP) is 2.32. The summed E-state index contributed by atoms with van der Waals surface area (Å²) in [4.78, 5) is 30.4. The number of hydrogen-bond acceptors (Lipinski definition) is 6. The normalized spacial score (nSPS) is 34.9. The van der Waals surface area contributed by atoms with Gasteiger partial charge in [0.15, 0.2) is 11.3 Å². The number of piperazine rings is 1. The largest absolute Gasteiger partial charge is 0.627 e. The lowest BCUT2D eigenvalue weighted by Gasteiger charge is -2.55. The second-order valence-corrected chi connectivity index (χ2v) is 9.50. The third-order valence-corrected chi connectivity index (χ3v) is 8.20. The first-order valence-electron chi connectivity index (χ1n) is 10.5. The fourth-order valence-electron chi connectivity index (χ4n) is 5.30. The molecular weight excluding hydrogens is 388 g/mol. The van der Waals surface area contributed by atoms with Crippen LogP contribution in [-0.4, -0.2) is 76.8 Å². The van der Waals surface area contributed by atoms with E-state index in [9.17, 15) is 14.9 Å². The molecule has 4 aliphatic heterocycles. The van der Waals surface area contributed by atoms with Crippen LogP contribution in [0.5, 0.6) is 0 Å². The van der Waals surface area contributed by atoms with Crippen LogP contribution in [0.2, 0.25) is 0 Å². The number of Topliss-reactive ketones (excluding diaryl/α,β-unsaturated/α-hetero) is 1. The van der Waals surface area contributed by atoms with E-state index in [-0.39, 0.29) is 5.78 Å². The fourth-order valence-corrected chi connectivity index (χ4v) is 6.66. The number of anilines is 1. The number of ketones is 1. The predicted molar refractivity (Wildman–Crippen MR) is 113 cm³/mol. The highest BCUT2D eigenvalue weighted by atomic mass is 32.2. The molecular formula is C21H27N4O3S+. The molecule has 29 heavy (non-hydrogen) atoms. The Morgan fingerprint density at radius 1 is 1.21 bits per heavy atom. The molecule has 4 heterocycles. The van der Waals surface area contributed by atoms with Gasteiger partial charge >= 0.3 is 6.17 Å². The molecule has 0 aromatic heterocycles. The molecule has 4 aliphatic rings. The van der Waals surface area contributed by atoms with E-state index < -0.39 is 16.4 Å². The zero-order valence-corrected chi connectivity index (χ0v) is 17.4. The van der Waals surface area contributed by atoms with Crippen LogP contribution in [-0.2, 0) is 4.79 Å². The number of hydrogen-bond donors (Lipinski definition) is 0. The molecule has 5 rings (SSSR count). The second-order valence-electron chi connectivity index (χ2n) is 8.50. The lowest BCUT2D eigenvalue weighted by molar-refractivity contribution is -1.02. The van der Waals surface area contributed by atoms with Gasteiger partial charge in [-0.1, -0.05) is 18.2 Å². The van der Waals surface area contributed by atoms with Crippen LogP contribution in [0, 0.1) is 10.1 Å². The Kier molecular flexibility index (Phi) is 4.77. The summed E-state index contributed by atoms with van der Waals surface area (Å²) in [5.41, 5.74) is 0.221. The average Bonchev–Trinajstić information content (AvgIpc) is 3.17. The molecule has 0 amide bonds. The van der Waals surface area contributed by atoms with Gasteiger partial charge in [0.2, 0.25) is 0 Å². The molecule has 3 unspecified atom stereocenters. The Labute approximate surface area is 175 Å². The number of carbonyl (C=O) groups is 1. The minimum Gasteiger partial charge on any atom is -0.627 e. The van der Waals surface area contributed by atoms with Crippen molar-refractivity contribution < 1.29 is 14.2 Å². The van der Waals surface area contributed by atoms with Gasteiger partial charge in [0.25, 0.3) is 5.03 Å². The standard InChI is InChI=1S/C21H27N4O3S/c26-18-7-4-14-25(28)19(24(27)20-15-21(18,25)16-29-20)8-9-22-10-12-23(13-11-22)17-5-2-1-3-6-17/h1-3,5-6,15,19H,4,7-14,16H2/q+1. The number of rotatable bonds is 4. The number of piperidine rings is 1. The van der Waals surface area contributed by atoms with E-state index >= 15 is 0 Å². The molecule has 0 radical (unpaired) electrons. The van der Waals surface area contributed by atoms with Crippen molar-refractivity contribution in [3.05, 3.63) is 51.6 Å². The van der Waals surface area contributed by atoms with Gasteiger partial charge in [0.05, 0.1) is 29.6 Å². The van der Waals surface area contributed by atoms with Crippen molar-refractivity contribution in [2.45, 2.75) is 31.0 Å².